The van der Waals surface area contributed by atoms with Gasteiger partial charge in [-0.2, -0.15) is 4.98 Å². The maximum atomic E-state index is 13.9. The smallest absolute Gasteiger partial charge is 0.228 e. The third-order valence-corrected chi connectivity index (χ3v) is 8.00. The summed E-state index contributed by atoms with van der Waals surface area (Å²) in [6, 6.07) is 8.96. The van der Waals surface area contributed by atoms with Crippen LogP contribution in [0, 0.1) is 5.82 Å². The second-order valence-electron chi connectivity index (χ2n) is 10.1. The van der Waals surface area contributed by atoms with E-state index in [0.29, 0.717) is 47.4 Å². The van der Waals surface area contributed by atoms with Crippen LogP contribution in [0.2, 0.25) is 10.0 Å². The predicted molar refractivity (Wildman–Crippen MR) is 154 cm³/mol. The molecule has 0 aliphatic carbocycles. The van der Waals surface area contributed by atoms with E-state index in [9.17, 15) is 4.39 Å². The minimum Gasteiger partial charge on any atom is -0.490 e. The highest BCUT2D eigenvalue weighted by atomic mass is 35.5. The van der Waals surface area contributed by atoms with Crippen LogP contribution in [-0.4, -0.2) is 71.5 Å². The van der Waals surface area contributed by atoms with Crippen molar-refractivity contribution in [3.8, 4) is 17.0 Å². The summed E-state index contributed by atoms with van der Waals surface area (Å²) in [7, 11) is 0. The average Bonchev–Trinajstić information content (AvgIpc) is 3.27. The summed E-state index contributed by atoms with van der Waals surface area (Å²) < 4.78 is 19.4. The zero-order chi connectivity index (χ0) is 27.5. The number of aromatic nitrogens is 3. The van der Waals surface area contributed by atoms with E-state index in [1.165, 1.54) is 6.07 Å². The second kappa shape index (κ2) is 12.1. The van der Waals surface area contributed by atoms with Gasteiger partial charge in [0.15, 0.2) is 0 Å². The van der Waals surface area contributed by atoms with Crippen molar-refractivity contribution in [3.05, 3.63) is 52.4 Å². The standard InChI is InChI=1S/C28H33Cl2FN6O2/c1-18-4-3-8-37(18)28-33-25(20-5-6-24(31)22(29)14-20)16-26(34-28)36-11-10-35(9-7-19(36)2)27-23(30)15-21(17-32-27)39-13-12-38/h5-6,14-19,38H,3-4,7-13H2,1-2H3. The Labute approximate surface area is 238 Å². The van der Waals surface area contributed by atoms with Crippen molar-refractivity contribution in [2.45, 2.75) is 45.2 Å². The number of aliphatic hydroxyl groups is 1. The Morgan fingerprint density at radius 2 is 1.79 bits per heavy atom. The summed E-state index contributed by atoms with van der Waals surface area (Å²) in [6.07, 6.45) is 4.70. The summed E-state index contributed by atoms with van der Waals surface area (Å²) >= 11 is 12.7. The first-order valence-corrected chi connectivity index (χ1v) is 14.1. The van der Waals surface area contributed by atoms with Crippen molar-refractivity contribution in [2.75, 3.05) is 54.1 Å². The summed E-state index contributed by atoms with van der Waals surface area (Å²) in [5.74, 6) is 2.29. The van der Waals surface area contributed by atoms with Gasteiger partial charge >= 0.3 is 0 Å². The van der Waals surface area contributed by atoms with E-state index in [0.717, 1.165) is 43.7 Å². The van der Waals surface area contributed by atoms with Crippen LogP contribution < -0.4 is 19.4 Å². The minimum atomic E-state index is -0.454. The first-order valence-electron chi connectivity index (χ1n) is 13.4. The Morgan fingerprint density at radius 1 is 0.974 bits per heavy atom. The normalized spacial score (nSPS) is 19.9. The van der Waals surface area contributed by atoms with Crippen LogP contribution in [0.4, 0.5) is 22.0 Å². The first-order chi connectivity index (χ1) is 18.8. The molecule has 2 aliphatic heterocycles. The number of hydrogen-bond donors (Lipinski definition) is 1. The van der Waals surface area contributed by atoms with E-state index in [1.807, 2.05) is 6.07 Å². The van der Waals surface area contributed by atoms with Crippen molar-refractivity contribution < 1.29 is 14.2 Å². The highest BCUT2D eigenvalue weighted by molar-refractivity contribution is 6.33. The lowest BCUT2D eigenvalue weighted by molar-refractivity contribution is 0.201. The van der Waals surface area contributed by atoms with Gasteiger partial charge < -0.3 is 24.5 Å². The number of ether oxygens (including phenoxy) is 1. The molecular formula is C28H33Cl2FN6O2. The monoisotopic (exact) mass is 574 g/mol. The number of hydrogen-bond acceptors (Lipinski definition) is 8. The lowest BCUT2D eigenvalue weighted by atomic mass is 10.1. The Kier molecular flexibility index (Phi) is 8.59. The van der Waals surface area contributed by atoms with Gasteiger partial charge in [0.25, 0.3) is 0 Å². The van der Waals surface area contributed by atoms with E-state index in [-0.39, 0.29) is 24.3 Å². The molecule has 2 fully saturated rings. The summed E-state index contributed by atoms with van der Waals surface area (Å²) in [6.45, 7) is 7.60. The van der Waals surface area contributed by atoms with Crippen LogP contribution in [0.25, 0.3) is 11.3 Å². The van der Waals surface area contributed by atoms with E-state index < -0.39 is 5.82 Å². The predicted octanol–water partition coefficient (Wildman–Crippen LogP) is 5.45. The summed E-state index contributed by atoms with van der Waals surface area (Å²) in [5.41, 5.74) is 1.47. The Balaban J connectivity index is 1.44. The molecule has 2 saturated heterocycles. The second-order valence-corrected chi connectivity index (χ2v) is 10.9. The first kappa shape index (κ1) is 27.7. The third-order valence-electron chi connectivity index (χ3n) is 7.44. The zero-order valence-electron chi connectivity index (χ0n) is 22.2. The number of rotatable bonds is 7. The van der Waals surface area contributed by atoms with Gasteiger partial charge in [0.2, 0.25) is 5.95 Å². The lowest BCUT2D eigenvalue weighted by Crippen LogP contribution is -2.36. The van der Waals surface area contributed by atoms with Gasteiger partial charge in [-0.15, -0.1) is 0 Å². The van der Waals surface area contributed by atoms with Crippen molar-refractivity contribution >= 4 is 40.8 Å². The van der Waals surface area contributed by atoms with Gasteiger partial charge in [-0.05, 0) is 51.3 Å². The van der Waals surface area contributed by atoms with Crippen LogP contribution >= 0.6 is 23.2 Å². The number of benzene rings is 1. The maximum Gasteiger partial charge on any atom is 0.228 e. The number of nitrogens with zero attached hydrogens (tertiary/aromatic N) is 6. The van der Waals surface area contributed by atoms with E-state index >= 15 is 0 Å². The van der Waals surface area contributed by atoms with Crippen LogP contribution in [0.1, 0.15) is 33.1 Å². The number of anilines is 3. The summed E-state index contributed by atoms with van der Waals surface area (Å²) in [4.78, 5) is 21.2. The van der Waals surface area contributed by atoms with Gasteiger partial charge in [-0.1, -0.05) is 23.2 Å². The SMILES string of the molecule is CC1CCN(c2ncc(OCCO)cc2Cl)CCN1c1cc(-c2ccc(F)c(Cl)c2)nc(N2CCCC2C)n1. The van der Waals surface area contributed by atoms with Gasteiger partial charge in [0.05, 0.1) is 28.5 Å². The third kappa shape index (κ3) is 6.15. The fraction of sp³-hybridized carbons (Fsp3) is 0.464. The van der Waals surface area contributed by atoms with Crippen LogP contribution in [0.5, 0.6) is 5.75 Å². The molecular weight excluding hydrogens is 542 g/mol. The van der Waals surface area contributed by atoms with Crippen molar-refractivity contribution in [1.82, 2.24) is 15.0 Å². The molecule has 1 aromatic carbocycles. The molecule has 2 aromatic heterocycles. The van der Waals surface area contributed by atoms with Gasteiger partial charge in [-0.25, -0.2) is 14.4 Å². The topological polar surface area (TPSA) is 77.9 Å². The highest BCUT2D eigenvalue weighted by Gasteiger charge is 2.28. The van der Waals surface area contributed by atoms with E-state index in [1.54, 1.807) is 24.4 Å². The quantitative estimate of drug-likeness (QED) is 0.399. The molecule has 208 valence electrons. The fourth-order valence-corrected chi connectivity index (χ4v) is 5.69. The zero-order valence-corrected chi connectivity index (χ0v) is 23.7. The van der Waals surface area contributed by atoms with Crippen LogP contribution in [0.3, 0.4) is 0 Å². The molecule has 2 unspecified atom stereocenters. The Hall–Kier alpha value is -2.88. The largest absolute Gasteiger partial charge is 0.490 e. The van der Waals surface area contributed by atoms with Gasteiger partial charge in [0, 0.05) is 56.0 Å². The summed E-state index contributed by atoms with van der Waals surface area (Å²) in [5, 5.41) is 9.58. The maximum absolute atomic E-state index is 13.9. The molecule has 0 bridgehead atoms. The number of halogens is 3. The van der Waals surface area contributed by atoms with Crippen molar-refractivity contribution in [3.63, 3.8) is 0 Å². The molecule has 0 amide bonds. The molecule has 3 aromatic rings. The highest BCUT2D eigenvalue weighted by Crippen LogP contribution is 2.33. The van der Waals surface area contributed by atoms with Gasteiger partial charge in [-0.3, -0.25) is 0 Å². The van der Waals surface area contributed by atoms with Gasteiger partial charge in [0.1, 0.15) is 29.8 Å². The molecule has 4 heterocycles. The molecule has 2 atom stereocenters. The lowest BCUT2D eigenvalue weighted by Gasteiger charge is -2.30. The molecule has 2 aliphatic rings. The van der Waals surface area contributed by atoms with Crippen molar-refractivity contribution in [2.24, 2.45) is 0 Å². The molecule has 8 nitrogen and oxygen atoms in total. The number of aliphatic hydroxyl groups excluding tert-OH is 1. The van der Waals surface area contributed by atoms with Crippen LogP contribution in [0.15, 0.2) is 36.5 Å². The van der Waals surface area contributed by atoms with Crippen LogP contribution in [-0.2, 0) is 0 Å². The molecule has 39 heavy (non-hydrogen) atoms. The molecule has 0 saturated carbocycles. The Morgan fingerprint density at radius 3 is 2.51 bits per heavy atom. The molecule has 1 N–H and O–H groups in total. The van der Waals surface area contributed by atoms with E-state index in [4.69, 9.17) is 43.0 Å². The number of pyridine rings is 1. The van der Waals surface area contributed by atoms with Crippen molar-refractivity contribution in [1.29, 1.82) is 0 Å². The molecule has 11 heteroatoms. The molecule has 5 rings (SSSR count). The molecule has 0 spiro atoms. The average molecular weight is 576 g/mol. The minimum absolute atomic E-state index is 0.0692. The molecule has 0 radical (unpaired) electrons. The fourth-order valence-electron chi connectivity index (χ4n) is 5.23. The Bertz CT molecular complexity index is 1320. The van der Waals surface area contributed by atoms with E-state index in [2.05, 4.69) is 33.5 Å².